The van der Waals surface area contributed by atoms with E-state index in [4.69, 9.17) is 9.73 Å². The molecule has 0 bridgehead atoms. The minimum absolute atomic E-state index is 0.629. The van der Waals surface area contributed by atoms with Crippen LogP contribution in [0.4, 0.5) is 0 Å². The van der Waals surface area contributed by atoms with Crippen molar-refractivity contribution in [1.82, 2.24) is 20.1 Å². The second-order valence-electron chi connectivity index (χ2n) is 6.96. The molecule has 1 atom stereocenters. The molecule has 25 heavy (non-hydrogen) atoms. The van der Waals surface area contributed by atoms with E-state index in [-0.39, 0.29) is 0 Å². The maximum absolute atomic E-state index is 5.50. The van der Waals surface area contributed by atoms with Crippen molar-refractivity contribution in [1.29, 1.82) is 0 Å². The van der Waals surface area contributed by atoms with E-state index in [2.05, 4.69) is 27.0 Å². The van der Waals surface area contributed by atoms with Crippen LogP contribution in [0, 0.1) is 12.8 Å². The predicted molar refractivity (Wildman–Crippen MR) is 101 cm³/mol. The van der Waals surface area contributed by atoms with Crippen molar-refractivity contribution in [3.8, 4) is 0 Å². The Bertz CT molecular complexity index is 563. The Labute approximate surface area is 151 Å². The molecule has 1 unspecified atom stereocenters. The third-order valence-electron chi connectivity index (χ3n) is 4.88. The number of nitrogens with zero attached hydrogens (tertiary/aromatic N) is 4. The summed E-state index contributed by atoms with van der Waals surface area (Å²) >= 11 is 0. The predicted octanol–water partition coefficient (Wildman–Crippen LogP) is 1.51. The molecule has 0 spiro atoms. The fourth-order valence-corrected chi connectivity index (χ4v) is 3.50. The summed E-state index contributed by atoms with van der Waals surface area (Å²) in [4.78, 5) is 14.3. The van der Waals surface area contributed by atoms with E-state index in [1.165, 1.54) is 13.0 Å². The van der Waals surface area contributed by atoms with Crippen LogP contribution in [0.5, 0.6) is 0 Å². The van der Waals surface area contributed by atoms with Gasteiger partial charge in [-0.05, 0) is 38.3 Å². The normalized spacial score (nSPS) is 22.4. The van der Waals surface area contributed by atoms with Crippen LogP contribution in [0.3, 0.4) is 0 Å². The third kappa shape index (κ3) is 5.41. The van der Waals surface area contributed by atoms with E-state index in [0.29, 0.717) is 6.54 Å². The molecular weight excluding hydrogens is 314 g/mol. The Morgan fingerprint density at radius 3 is 2.84 bits per heavy atom. The Morgan fingerprint density at radius 1 is 1.32 bits per heavy atom. The number of rotatable bonds is 5. The second-order valence-corrected chi connectivity index (χ2v) is 6.96. The molecule has 0 aromatic carbocycles. The fraction of sp³-hybridized carbons (Fsp3) is 0.684. The summed E-state index contributed by atoms with van der Waals surface area (Å²) in [5, 5.41) is 3.43. The molecule has 0 amide bonds. The van der Waals surface area contributed by atoms with E-state index in [1.54, 1.807) is 0 Å². The number of guanidine groups is 1. The molecule has 6 heteroatoms. The molecule has 3 heterocycles. The quantitative estimate of drug-likeness (QED) is 0.648. The second kappa shape index (κ2) is 9.15. The molecule has 6 nitrogen and oxygen atoms in total. The van der Waals surface area contributed by atoms with E-state index in [0.717, 1.165) is 69.2 Å². The van der Waals surface area contributed by atoms with E-state index < -0.39 is 0 Å². The molecule has 1 N–H and O–H groups in total. The summed E-state index contributed by atoms with van der Waals surface area (Å²) in [5.41, 5.74) is 2.07. The third-order valence-corrected chi connectivity index (χ3v) is 4.88. The first-order chi connectivity index (χ1) is 12.2. The number of aromatic nitrogens is 1. The van der Waals surface area contributed by atoms with Crippen molar-refractivity contribution >= 4 is 5.96 Å². The van der Waals surface area contributed by atoms with Gasteiger partial charge < -0.3 is 15.0 Å². The summed E-state index contributed by atoms with van der Waals surface area (Å²) in [6, 6.07) is 6.11. The smallest absolute Gasteiger partial charge is 0.194 e. The Hall–Kier alpha value is -1.66. The zero-order valence-corrected chi connectivity index (χ0v) is 15.6. The van der Waals surface area contributed by atoms with Crippen LogP contribution in [0.25, 0.3) is 0 Å². The van der Waals surface area contributed by atoms with Crippen LogP contribution >= 0.6 is 0 Å². The zero-order chi connectivity index (χ0) is 17.5. The fourth-order valence-electron chi connectivity index (χ4n) is 3.50. The number of nitrogens with one attached hydrogen (secondary N) is 1. The molecule has 2 fully saturated rings. The average molecular weight is 345 g/mol. The van der Waals surface area contributed by atoms with Crippen LogP contribution in [0.1, 0.15) is 24.7 Å². The topological polar surface area (TPSA) is 53.0 Å². The minimum Gasteiger partial charge on any atom is -0.381 e. The molecule has 138 valence electrons. The SMILES string of the molecule is CCNC(=NCc1cccc(C)n1)N1CCN(CC2CCOC2)CC1. The Balaban J connectivity index is 1.53. The molecule has 0 radical (unpaired) electrons. The van der Waals surface area contributed by atoms with Crippen LogP contribution in [-0.4, -0.2) is 73.2 Å². The number of pyridine rings is 1. The van der Waals surface area contributed by atoms with Crippen molar-refractivity contribution < 1.29 is 4.74 Å². The van der Waals surface area contributed by atoms with Gasteiger partial charge in [0.05, 0.1) is 18.8 Å². The summed E-state index contributed by atoms with van der Waals surface area (Å²) in [6.45, 7) is 13.0. The lowest BCUT2D eigenvalue weighted by atomic mass is 10.1. The van der Waals surface area contributed by atoms with Crippen LogP contribution < -0.4 is 5.32 Å². The summed E-state index contributed by atoms with van der Waals surface area (Å²) in [6.07, 6.45) is 1.22. The van der Waals surface area contributed by atoms with E-state index in [1.807, 2.05) is 25.1 Å². The Morgan fingerprint density at radius 2 is 2.16 bits per heavy atom. The molecule has 1 aromatic rings. The summed E-state index contributed by atoms with van der Waals surface area (Å²) in [5.74, 6) is 1.73. The largest absolute Gasteiger partial charge is 0.381 e. The van der Waals surface area contributed by atoms with Gasteiger partial charge in [0.2, 0.25) is 0 Å². The lowest BCUT2D eigenvalue weighted by molar-refractivity contribution is 0.139. The maximum Gasteiger partial charge on any atom is 0.194 e. The van der Waals surface area contributed by atoms with Crippen molar-refractivity contribution in [2.75, 3.05) is 52.5 Å². The highest BCUT2D eigenvalue weighted by molar-refractivity contribution is 5.80. The number of hydrogen-bond acceptors (Lipinski definition) is 4. The molecule has 2 aliphatic rings. The number of ether oxygens (including phenoxy) is 1. The van der Waals surface area contributed by atoms with Crippen molar-refractivity contribution in [3.05, 3.63) is 29.6 Å². The number of aliphatic imine (C=N–C) groups is 1. The summed E-state index contributed by atoms with van der Waals surface area (Å²) in [7, 11) is 0. The summed E-state index contributed by atoms with van der Waals surface area (Å²) < 4.78 is 5.50. The van der Waals surface area contributed by atoms with Gasteiger partial charge in [-0.2, -0.15) is 0 Å². The van der Waals surface area contributed by atoms with Gasteiger partial charge in [0.25, 0.3) is 0 Å². The molecule has 3 rings (SSSR count). The molecular formula is C19H31N5O. The first-order valence-corrected chi connectivity index (χ1v) is 9.50. The van der Waals surface area contributed by atoms with Gasteiger partial charge >= 0.3 is 0 Å². The van der Waals surface area contributed by atoms with Crippen LogP contribution in [0.15, 0.2) is 23.2 Å². The Kier molecular flexibility index (Phi) is 6.64. The monoisotopic (exact) mass is 345 g/mol. The standard InChI is InChI=1S/C19H31N5O/c1-3-20-19(21-13-18-6-4-5-16(2)22-18)24-10-8-23(9-11-24)14-17-7-12-25-15-17/h4-6,17H,3,7-15H2,1-2H3,(H,20,21). The average Bonchev–Trinajstić information content (AvgIpc) is 3.12. The van der Waals surface area contributed by atoms with Gasteiger partial charge in [-0.15, -0.1) is 0 Å². The van der Waals surface area contributed by atoms with Gasteiger partial charge in [0, 0.05) is 51.6 Å². The lowest BCUT2D eigenvalue weighted by Gasteiger charge is -2.37. The van der Waals surface area contributed by atoms with Crippen molar-refractivity contribution in [2.45, 2.75) is 26.8 Å². The van der Waals surface area contributed by atoms with Crippen LogP contribution in [0.2, 0.25) is 0 Å². The number of aryl methyl sites for hydroxylation is 1. The van der Waals surface area contributed by atoms with Gasteiger partial charge in [0.1, 0.15) is 0 Å². The van der Waals surface area contributed by atoms with Crippen LogP contribution in [-0.2, 0) is 11.3 Å². The minimum atomic E-state index is 0.629. The molecule has 0 saturated carbocycles. The highest BCUT2D eigenvalue weighted by Crippen LogP contribution is 2.15. The molecule has 2 saturated heterocycles. The zero-order valence-electron chi connectivity index (χ0n) is 15.6. The van der Waals surface area contributed by atoms with Crippen molar-refractivity contribution in [3.63, 3.8) is 0 Å². The molecule has 0 aliphatic carbocycles. The molecule has 1 aromatic heterocycles. The highest BCUT2D eigenvalue weighted by atomic mass is 16.5. The highest BCUT2D eigenvalue weighted by Gasteiger charge is 2.23. The van der Waals surface area contributed by atoms with E-state index >= 15 is 0 Å². The maximum atomic E-state index is 5.50. The van der Waals surface area contributed by atoms with Gasteiger partial charge in [-0.1, -0.05) is 6.07 Å². The van der Waals surface area contributed by atoms with Gasteiger partial charge in [0.15, 0.2) is 5.96 Å². The van der Waals surface area contributed by atoms with E-state index in [9.17, 15) is 0 Å². The van der Waals surface area contributed by atoms with Gasteiger partial charge in [-0.25, -0.2) is 4.99 Å². The van der Waals surface area contributed by atoms with Gasteiger partial charge in [-0.3, -0.25) is 9.88 Å². The number of piperazine rings is 1. The first kappa shape index (κ1) is 18.1. The molecule has 2 aliphatic heterocycles. The first-order valence-electron chi connectivity index (χ1n) is 9.50. The lowest BCUT2D eigenvalue weighted by Crippen LogP contribution is -2.53. The van der Waals surface area contributed by atoms with Crippen molar-refractivity contribution in [2.24, 2.45) is 10.9 Å². The number of hydrogen-bond donors (Lipinski definition) is 1.